The molecule has 2 N–H and O–H groups in total. The molecule has 0 aliphatic rings. The summed E-state index contributed by atoms with van der Waals surface area (Å²) >= 11 is 6.03. The highest BCUT2D eigenvalue weighted by atomic mass is 35.5. The van der Waals surface area contributed by atoms with Gasteiger partial charge >= 0.3 is 0 Å². The van der Waals surface area contributed by atoms with Crippen LogP contribution in [0.2, 0.25) is 5.02 Å². The Bertz CT molecular complexity index is 608. The number of aryl methyl sites for hydroxylation is 2. The minimum atomic E-state index is -0.352. The average Bonchev–Trinajstić information content (AvgIpc) is 2.19. The van der Waals surface area contributed by atoms with E-state index >= 15 is 0 Å². The van der Waals surface area contributed by atoms with Crippen LogP contribution in [0.15, 0.2) is 18.2 Å². The van der Waals surface area contributed by atoms with Gasteiger partial charge in [0, 0.05) is 16.1 Å². The third kappa shape index (κ3) is 2.39. The molecular formula is C13H13ClN2O. The van der Waals surface area contributed by atoms with E-state index in [1.54, 1.807) is 0 Å². The molecule has 0 atom stereocenters. The fourth-order valence-corrected chi connectivity index (χ4v) is 2.27. The van der Waals surface area contributed by atoms with Gasteiger partial charge in [0.2, 0.25) is 5.91 Å². The molecule has 1 heterocycles. The number of hydrogen-bond donors (Lipinski definition) is 1. The molecule has 0 radical (unpaired) electrons. The molecule has 0 aliphatic carbocycles. The van der Waals surface area contributed by atoms with Gasteiger partial charge in [0.15, 0.2) is 0 Å². The van der Waals surface area contributed by atoms with Crippen LogP contribution in [0.3, 0.4) is 0 Å². The van der Waals surface area contributed by atoms with Crippen molar-refractivity contribution < 1.29 is 4.79 Å². The number of carbonyl (C=O) groups excluding carboxylic acids is 1. The molecule has 0 saturated carbocycles. The van der Waals surface area contributed by atoms with E-state index in [1.165, 1.54) is 0 Å². The Labute approximate surface area is 105 Å². The molecule has 0 unspecified atom stereocenters. The van der Waals surface area contributed by atoms with Crippen molar-refractivity contribution >= 4 is 28.4 Å². The summed E-state index contributed by atoms with van der Waals surface area (Å²) in [6.45, 7) is 3.85. The first-order chi connectivity index (χ1) is 7.97. The van der Waals surface area contributed by atoms with Crippen molar-refractivity contribution in [2.24, 2.45) is 5.73 Å². The molecule has 4 heteroatoms. The number of carbonyl (C=O) groups is 1. The molecular weight excluding hydrogens is 236 g/mol. The van der Waals surface area contributed by atoms with Gasteiger partial charge in [-0.1, -0.05) is 11.6 Å². The molecule has 1 aromatic carbocycles. The molecule has 2 rings (SSSR count). The summed E-state index contributed by atoms with van der Waals surface area (Å²) in [7, 11) is 0. The predicted molar refractivity (Wildman–Crippen MR) is 69.1 cm³/mol. The Kier molecular flexibility index (Phi) is 3.03. The molecule has 1 amide bonds. The highest BCUT2D eigenvalue weighted by molar-refractivity contribution is 6.31. The average molecular weight is 249 g/mol. The summed E-state index contributed by atoms with van der Waals surface area (Å²) in [6, 6.07) is 5.57. The van der Waals surface area contributed by atoms with E-state index < -0.39 is 0 Å². The van der Waals surface area contributed by atoms with Crippen molar-refractivity contribution in [1.29, 1.82) is 0 Å². The number of halogens is 1. The van der Waals surface area contributed by atoms with Gasteiger partial charge in [0.05, 0.1) is 11.9 Å². The third-order valence-corrected chi connectivity index (χ3v) is 2.87. The van der Waals surface area contributed by atoms with E-state index in [9.17, 15) is 4.79 Å². The zero-order chi connectivity index (χ0) is 12.6. The Morgan fingerprint density at radius 3 is 2.71 bits per heavy atom. The third-order valence-electron chi connectivity index (χ3n) is 2.65. The summed E-state index contributed by atoms with van der Waals surface area (Å²) in [6.07, 6.45) is 0.208. The van der Waals surface area contributed by atoms with Crippen LogP contribution in [0, 0.1) is 13.8 Å². The van der Waals surface area contributed by atoms with E-state index in [-0.39, 0.29) is 12.3 Å². The van der Waals surface area contributed by atoms with Crippen LogP contribution >= 0.6 is 11.6 Å². The summed E-state index contributed by atoms with van der Waals surface area (Å²) in [4.78, 5) is 15.5. The lowest BCUT2D eigenvalue weighted by atomic mass is 10.0. The number of aromatic nitrogens is 1. The molecule has 1 aromatic heterocycles. The summed E-state index contributed by atoms with van der Waals surface area (Å²) in [5, 5.41) is 1.55. The number of nitrogens with zero attached hydrogens (tertiary/aromatic N) is 1. The van der Waals surface area contributed by atoms with E-state index in [2.05, 4.69) is 4.98 Å². The number of pyridine rings is 1. The number of primary amides is 1. The molecule has 88 valence electrons. The van der Waals surface area contributed by atoms with Gasteiger partial charge in [-0.05, 0) is 43.2 Å². The van der Waals surface area contributed by atoms with Crippen molar-refractivity contribution in [3.05, 3.63) is 40.0 Å². The predicted octanol–water partition coefficient (Wildman–Crippen LogP) is 2.53. The van der Waals surface area contributed by atoms with E-state index in [0.717, 1.165) is 27.7 Å². The molecule has 0 aliphatic heterocycles. The highest BCUT2D eigenvalue weighted by Crippen LogP contribution is 2.26. The van der Waals surface area contributed by atoms with E-state index in [1.807, 2.05) is 32.0 Å². The minimum Gasteiger partial charge on any atom is -0.369 e. The quantitative estimate of drug-likeness (QED) is 0.888. The fraction of sp³-hybridized carbons (Fsp3) is 0.231. The molecule has 0 bridgehead atoms. The van der Waals surface area contributed by atoms with Crippen LogP contribution in [0.4, 0.5) is 0 Å². The smallest absolute Gasteiger partial charge is 0.221 e. The number of hydrogen-bond acceptors (Lipinski definition) is 2. The minimum absolute atomic E-state index is 0.208. The van der Waals surface area contributed by atoms with Crippen molar-refractivity contribution in [3.63, 3.8) is 0 Å². The van der Waals surface area contributed by atoms with Gasteiger partial charge in [-0.2, -0.15) is 0 Å². The van der Waals surface area contributed by atoms with Gasteiger partial charge in [0.25, 0.3) is 0 Å². The van der Waals surface area contributed by atoms with Crippen molar-refractivity contribution in [2.75, 3.05) is 0 Å². The summed E-state index contributed by atoms with van der Waals surface area (Å²) in [5.41, 5.74) is 8.89. The van der Waals surface area contributed by atoms with Gasteiger partial charge in [-0.3, -0.25) is 9.78 Å². The lowest BCUT2D eigenvalue weighted by Gasteiger charge is -2.09. The summed E-state index contributed by atoms with van der Waals surface area (Å²) in [5.74, 6) is -0.352. The molecule has 17 heavy (non-hydrogen) atoms. The molecule has 2 aromatic rings. The standard InChI is InChI=1S/C13H13ClN2O/c1-7-3-10(14)6-11-9(5-12(15)17)4-8(2)16-13(7)11/h3-4,6H,5H2,1-2H3,(H2,15,17). The fourth-order valence-electron chi connectivity index (χ4n) is 2.00. The number of benzene rings is 1. The first-order valence-electron chi connectivity index (χ1n) is 5.32. The topological polar surface area (TPSA) is 56.0 Å². The largest absolute Gasteiger partial charge is 0.369 e. The lowest BCUT2D eigenvalue weighted by molar-refractivity contribution is -0.117. The Balaban J connectivity index is 2.77. The second-order valence-electron chi connectivity index (χ2n) is 4.18. The number of fused-ring (bicyclic) bond motifs is 1. The van der Waals surface area contributed by atoms with Gasteiger partial charge < -0.3 is 5.73 Å². The number of rotatable bonds is 2. The van der Waals surface area contributed by atoms with Crippen molar-refractivity contribution in [2.45, 2.75) is 20.3 Å². The molecule has 3 nitrogen and oxygen atoms in total. The number of nitrogens with two attached hydrogens (primary N) is 1. The number of amides is 1. The Morgan fingerprint density at radius 1 is 1.35 bits per heavy atom. The Hall–Kier alpha value is -1.61. The van der Waals surface area contributed by atoms with Gasteiger partial charge in [0.1, 0.15) is 0 Å². The van der Waals surface area contributed by atoms with E-state index in [0.29, 0.717) is 5.02 Å². The Morgan fingerprint density at radius 2 is 2.06 bits per heavy atom. The van der Waals surface area contributed by atoms with Crippen LogP contribution < -0.4 is 5.73 Å². The summed E-state index contributed by atoms with van der Waals surface area (Å²) < 4.78 is 0. The zero-order valence-electron chi connectivity index (χ0n) is 9.75. The lowest BCUT2D eigenvalue weighted by Crippen LogP contribution is -2.14. The van der Waals surface area contributed by atoms with Crippen LogP contribution in [0.5, 0.6) is 0 Å². The SMILES string of the molecule is Cc1cc(CC(N)=O)c2cc(Cl)cc(C)c2n1. The van der Waals surface area contributed by atoms with Crippen molar-refractivity contribution in [1.82, 2.24) is 4.98 Å². The first kappa shape index (κ1) is 11.9. The zero-order valence-corrected chi connectivity index (χ0v) is 10.5. The van der Waals surface area contributed by atoms with E-state index in [4.69, 9.17) is 17.3 Å². The van der Waals surface area contributed by atoms with Crippen LogP contribution in [-0.2, 0) is 11.2 Å². The maximum Gasteiger partial charge on any atom is 0.221 e. The van der Waals surface area contributed by atoms with Gasteiger partial charge in [-0.25, -0.2) is 0 Å². The second kappa shape index (κ2) is 4.34. The highest BCUT2D eigenvalue weighted by Gasteiger charge is 2.09. The molecule has 0 saturated heterocycles. The maximum absolute atomic E-state index is 11.1. The maximum atomic E-state index is 11.1. The van der Waals surface area contributed by atoms with Crippen LogP contribution in [-0.4, -0.2) is 10.9 Å². The van der Waals surface area contributed by atoms with Crippen LogP contribution in [0.25, 0.3) is 10.9 Å². The van der Waals surface area contributed by atoms with Gasteiger partial charge in [-0.15, -0.1) is 0 Å². The monoisotopic (exact) mass is 248 g/mol. The second-order valence-corrected chi connectivity index (χ2v) is 4.62. The normalized spacial score (nSPS) is 10.8. The molecule has 0 fully saturated rings. The van der Waals surface area contributed by atoms with Crippen molar-refractivity contribution in [3.8, 4) is 0 Å². The first-order valence-corrected chi connectivity index (χ1v) is 5.70. The molecule has 0 spiro atoms. The van der Waals surface area contributed by atoms with Crippen LogP contribution in [0.1, 0.15) is 16.8 Å².